The molecule has 0 saturated carbocycles. The number of rotatable bonds is 8. The topological polar surface area (TPSA) is 74.7 Å². The molecule has 0 spiro atoms. The lowest BCUT2D eigenvalue weighted by Crippen LogP contribution is -2.45. The number of benzene rings is 3. The van der Waals surface area contributed by atoms with Crippen LogP contribution in [0.4, 0.5) is 0 Å². The fourth-order valence-corrected chi connectivity index (χ4v) is 5.19. The number of ketones is 1. The summed E-state index contributed by atoms with van der Waals surface area (Å²) >= 11 is 12.4. The van der Waals surface area contributed by atoms with E-state index in [-0.39, 0.29) is 16.5 Å². The van der Waals surface area contributed by atoms with Crippen LogP contribution in [0, 0.1) is 0 Å². The number of thiocarbonyl (C=S) groups is 1. The first kappa shape index (κ1) is 25.6. The smallest absolute Gasteiger partial charge is 0.327 e. The Bertz CT molecular complexity index is 1380. The molecular formula is C28H20ClNO4S2. The number of thioether (sulfide) groups is 1. The van der Waals surface area contributed by atoms with E-state index >= 15 is 0 Å². The van der Waals surface area contributed by atoms with Gasteiger partial charge in [0.15, 0.2) is 5.78 Å². The van der Waals surface area contributed by atoms with Crippen LogP contribution in [0.3, 0.4) is 0 Å². The van der Waals surface area contributed by atoms with Gasteiger partial charge in [0.25, 0.3) is 5.91 Å². The highest BCUT2D eigenvalue weighted by molar-refractivity contribution is 8.26. The third-order valence-corrected chi connectivity index (χ3v) is 7.03. The average Bonchev–Trinajstić information content (AvgIpc) is 3.14. The van der Waals surface area contributed by atoms with E-state index in [4.69, 9.17) is 23.8 Å². The average molecular weight is 534 g/mol. The second-order valence-corrected chi connectivity index (χ2v) is 10.1. The van der Waals surface area contributed by atoms with Crippen LogP contribution in [0.1, 0.15) is 27.0 Å². The van der Waals surface area contributed by atoms with Gasteiger partial charge in [-0.05, 0) is 41.0 Å². The maximum atomic E-state index is 13.1. The molecule has 0 unspecified atom stereocenters. The summed E-state index contributed by atoms with van der Waals surface area (Å²) in [6.07, 6.45) is 5.02. The van der Waals surface area contributed by atoms with E-state index in [1.165, 1.54) is 11.0 Å². The number of amides is 1. The Kier molecular flexibility index (Phi) is 8.15. The van der Waals surface area contributed by atoms with Crippen molar-refractivity contribution in [2.24, 2.45) is 0 Å². The second-order valence-electron chi connectivity index (χ2n) is 7.97. The molecule has 3 aromatic carbocycles. The molecule has 1 amide bonds. The quantitative estimate of drug-likeness (QED) is 0.213. The van der Waals surface area contributed by atoms with Crippen molar-refractivity contribution in [3.05, 3.63) is 117 Å². The maximum Gasteiger partial charge on any atom is 0.327 e. The third kappa shape index (κ3) is 6.18. The normalized spacial score (nSPS) is 15.6. The monoisotopic (exact) mass is 533 g/mol. The standard InChI is InChI=1S/C28H20ClNO4S2/c29-22-8-4-7-21(17-22)24(31)14-13-18-9-11-20(12-10-18)16-25-26(32)30(28(35)36-25)23(27(33)34)15-19-5-2-1-3-6-19/h1-14,16-17,23H,15H2,(H,33,34)/b14-13+,25-16-/t23-/m0/s1. The molecule has 0 aromatic heterocycles. The summed E-state index contributed by atoms with van der Waals surface area (Å²) in [6.45, 7) is 0. The van der Waals surface area contributed by atoms with Gasteiger partial charge in [-0.3, -0.25) is 14.5 Å². The molecule has 180 valence electrons. The van der Waals surface area contributed by atoms with Crippen LogP contribution >= 0.6 is 35.6 Å². The lowest BCUT2D eigenvalue weighted by atomic mass is 10.0. The van der Waals surface area contributed by atoms with Gasteiger partial charge in [0.1, 0.15) is 10.4 Å². The number of halogens is 1. The fourth-order valence-electron chi connectivity index (χ4n) is 3.64. The first-order chi connectivity index (χ1) is 17.3. The maximum absolute atomic E-state index is 13.1. The Hall–Kier alpha value is -3.52. The van der Waals surface area contributed by atoms with Crippen molar-refractivity contribution in [2.75, 3.05) is 0 Å². The molecule has 1 heterocycles. The number of aliphatic carboxylic acids is 1. The van der Waals surface area contributed by atoms with Crippen LogP contribution in [-0.2, 0) is 16.0 Å². The summed E-state index contributed by atoms with van der Waals surface area (Å²) in [5.41, 5.74) is 2.87. The number of allylic oxidation sites excluding steroid dienone is 1. The van der Waals surface area contributed by atoms with E-state index in [1.54, 1.807) is 36.4 Å². The van der Waals surface area contributed by atoms with Crippen LogP contribution in [0.5, 0.6) is 0 Å². The van der Waals surface area contributed by atoms with E-state index < -0.39 is 17.9 Å². The van der Waals surface area contributed by atoms with Gasteiger partial charge in [0.2, 0.25) is 0 Å². The first-order valence-corrected chi connectivity index (χ1v) is 12.5. The molecule has 36 heavy (non-hydrogen) atoms. The van der Waals surface area contributed by atoms with Gasteiger partial charge < -0.3 is 5.11 Å². The second kappa shape index (κ2) is 11.5. The van der Waals surface area contributed by atoms with Gasteiger partial charge in [-0.2, -0.15) is 0 Å². The van der Waals surface area contributed by atoms with Crippen LogP contribution in [0.2, 0.25) is 5.02 Å². The summed E-state index contributed by atoms with van der Waals surface area (Å²) in [4.78, 5) is 38.9. The van der Waals surface area contributed by atoms with Crippen molar-refractivity contribution in [3.8, 4) is 0 Å². The van der Waals surface area contributed by atoms with Gasteiger partial charge in [-0.1, -0.05) is 108 Å². The summed E-state index contributed by atoms with van der Waals surface area (Å²) in [6, 6.07) is 22.1. The van der Waals surface area contributed by atoms with E-state index in [1.807, 2.05) is 54.6 Å². The van der Waals surface area contributed by atoms with Gasteiger partial charge in [0, 0.05) is 17.0 Å². The molecular weight excluding hydrogens is 514 g/mol. The number of carbonyl (C=O) groups is 3. The first-order valence-electron chi connectivity index (χ1n) is 10.9. The highest BCUT2D eigenvalue weighted by Gasteiger charge is 2.40. The van der Waals surface area contributed by atoms with Crippen molar-refractivity contribution < 1.29 is 19.5 Å². The molecule has 1 aliphatic heterocycles. The Morgan fingerprint density at radius 2 is 1.69 bits per heavy atom. The van der Waals surface area contributed by atoms with Crippen LogP contribution in [-0.4, -0.2) is 38.0 Å². The fraction of sp³-hybridized carbons (Fsp3) is 0.0714. The molecule has 0 bridgehead atoms. The van der Waals surface area contributed by atoms with Gasteiger partial charge in [-0.15, -0.1) is 0 Å². The van der Waals surface area contributed by atoms with Gasteiger partial charge >= 0.3 is 5.97 Å². The molecule has 0 radical (unpaired) electrons. The number of carboxylic acids is 1. The van der Waals surface area contributed by atoms with Crippen molar-refractivity contribution >= 4 is 69.7 Å². The Morgan fingerprint density at radius 3 is 2.36 bits per heavy atom. The Balaban J connectivity index is 1.47. The summed E-state index contributed by atoms with van der Waals surface area (Å²) in [7, 11) is 0. The largest absolute Gasteiger partial charge is 0.480 e. The number of carbonyl (C=O) groups excluding carboxylic acids is 2. The molecule has 5 nitrogen and oxygen atoms in total. The van der Waals surface area contributed by atoms with Crippen molar-refractivity contribution in [1.82, 2.24) is 4.90 Å². The molecule has 1 fully saturated rings. The molecule has 0 aliphatic carbocycles. The zero-order valence-corrected chi connectivity index (χ0v) is 21.2. The molecule has 1 atom stereocenters. The minimum absolute atomic E-state index is 0.158. The van der Waals surface area contributed by atoms with Crippen LogP contribution < -0.4 is 0 Å². The Labute approximate surface area is 223 Å². The highest BCUT2D eigenvalue weighted by atomic mass is 35.5. The van der Waals surface area contributed by atoms with Crippen molar-refractivity contribution in [2.45, 2.75) is 12.5 Å². The van der Waals surface area contributed by atoms with Crippen molar-refractivity contribution in [3.63, 3.8) is 0 Å². The number of hydrogen-bond donors (Lipinski definition) is 1. The van der Waals surface area contributed by atoms with Crippen LogP contribution in [0.15, 0.2) is 89.8 Å². The minimum atomic E-state index is -1.11. The molecule has 8 heteroatoms. The third-order valence-electron chi connectivity index (χ3n) is 5.46. The van der Waals surface area contributed by atoms with Crippen molar-refractivity contribution in [1.29, 1.82) is 0 Å². The minimum Gasteiger partial charge on any atom is -0.480 e. The molecule has 3 aromatic rings. The van der Waals surface area contributed by atoms with Gasteiger partial charge in [0.05, 0.1) is 4.91 Å². The molecule has 1 saturated heterocycles. The number of carboxylic acid groups (broad SMARTS) is 1. The SMILES string of the molecule is O=C(/C=C/c1ccc(/C=C2\SC(=S)N([C@@H](Cc3ccccc3)C(=O)O)C2=O)cc1)c1cccc(Cl)c1. The summed E-state index contributed by atoms with van der Waals surface area (Å²) in [5, 5.41) is 10.3. The predicted octanol–water partition coefficient (Wildman–Crippen LogP) is 6.13. The van der Waals surface area contributed by atoms with Gasteiger partial charge in [-0.25, -0.2) is 4.79 Å². The lowest BCUT2D eigenvalue weighted by Gasteiger charge is -2.23. The Morgan fingerprint density at radius 1 is 1.00 bits per heavy atom. The molecule has 1 aliphatic rings. The van der Waals surface area contributed by atoms with E-state index in [0.717, 1.165) is 28.5 Å². The number of nitrogens with zero attached hydrogens (tertiary/aromatic N) is 1. The zero-order valence-electron chi connectivity index (χ0n) is 18.8. The van der Waals surface area contributed by atoms with Crippen LogP contribution in [0.25, 0.3) is 12.2 Å². The van der Waals surface area contributed by atoms with E-state index in [9.17, 15) is 19.5 Å². The number of hydrogen-bond acceptors (Lipinski definition) is 5. The molecule has 1 N–H and O–H groups in total. The summed E-state index contributed by atoms with van der Waals surface area (Å²) in [5.74, 6) is -1.70. The molecule has 4 rings (SSSR count). The summed E-state index contributed by atoms with van der Waals surface area (Å²) < 4.78 is 0.216. The lowest BCUT2D eigenvalue weighted by molar-refractivity contribution is -0.145. The predicted molar refractivity (Wildman–Crippen MR) is 148 cm³/mol. The highest BCUT2D eigenvalue weighted by Crippen LogP contribution is 2.34. The zero-order chi connectivity index (χ0) is 25.7. The van der Waals surface area contributed by atoms with E-state index in [2.05, 4.69) is 0 Å². The van der Waals surface area contributed by atoms with E-state index in [0.29, 0.717) is 15.5 Å².